The summed E-state index contributed by atoms with van der Waals surface area (Å²) in [6.07, 6.45) is 9.51. The van der Waals surface area contributed by atoms with E-state index < -0.39 is 0 Å². The average molecular weight is 321 g/mol. The van der Waals surface area contributed by atoms with Gasteiger partial charge in [0.15, 0.2) is 0 Å². The molecule has 0 bridgehead atoms. The molecule has 3 rings (SSSR count). The van der Waals surface area contributed by atoms with Gasteiger partial charge < -0.3 is 10.1 Å². The molecular weight excluding hydrogens is 298 g/mol. The van der Waals surface area contributed by atoms with Gasteiger partial charge in [0.1, 0.15) is 5.00 Å². The summed E-state index contributed by atoms with van der Waals surface area (Å²) >= 11 is 1.56. The van der Waals surface area contributed by atoms with E-state index in [1.54, 1.807) is 11.3 Å². The summed E-state index contributed by atoms with van der Waals surface area (Å²) < 4.78 is 4.93. The molecule has 1 heterocycles. The number of methoxy groups -OCH3 is 1. The summed E-state index contributed by atoms with van der Waals surface area (Å²) in [7, 11) is 1.40. The SMILES string of the molecule is COC(=O)c1c(NC(=O)CC2CCCC2)sc2c1CCCC2. The van der Waals surface area contributed by atoms with Gasteiger partial charge in [-0.15, -0.1) is 11.3 Å². The number of thiophene rings is 1. The molecule has 22 heavy (non-hydrogen) atoms. The van der Waals surface area contributed by atoms with Gasteiger partial charge in [-0.05, 0) is 50.0 Å². The second-order valence-corrected chi connectivity index (χ2v) is 7.41. The Kier molecular flexibility index (Phi) is 4.81. The van der Waals surface area contributed by atoms with Crippen molar-refractivity contribution in [3.8, 4) is 0 Å². The van der Waals surface area contributed by atoms with Crippen LogP contribution in [-0.2, 0) is 22.4 Å². The molecule has 0 aliphatic heterocycles. The summed E-state index contributed by atoms with van der Waals surface area (Å²) in [4.78, 5) is 25.7. The topological polar surface area (TPSA) is 55.4 Å². The van der Waals surface area contributed by atoms with Gasteiger partial charge in [0.05, 0.1) is 12.7 Å². The van der Waals surface area contributed by atoms with Crippen LogP contribution in [0.25, 0.3) is 0 Å². The van der Waals surface area contributed by atoms with Crippen LogP contribution in [0.2, 0.25) is 0 Å². The van der Waals surface area contributed by atoms with Crippen LogP contribution in [0.4, 0.5) is 5.00 Å². The Balaban J connectivity index is 1.78. The number of hydrogen-bond donors (Lipinski definition) is 1. The number of hydrogen-bond acceptors (Lipinski definition) is 4. The number of carbonyl (C=O) groups excluding carboxylic acids is 2. The predicted octanol–water partition coefficient (Wildman–Crippen LogP) is 3.93. The first kappa shape index (κ1) is 15.5. The van der Waals surface area contributed by atoms with Crippen molar-refractivity contribution >= 4 is 28.2 Å². The molecule has 5 heteroatoms. The number of ether oxygens (including phenoxy) is 1. The molecule has 2 aliphatic carbocycles. The zero-order valence-electron chi connectivity index (χ0n) is 13.1. The Labute approximate surface area is 135 Å². The molecule has 0 saturated heterocycles. The summed E-state index contributed by atoms with van der Waals surface area (Å²) in [6, 6.07) is 0. The van der Waals surface area contributed by atoms with Crippen LogP contribution in [0.15, 0.2) is 0 Å². The highest BCUT2D eigenvalue weighted by Gasteiger charge is 2.27. The zero-order chi connectivity index (χ0) is 15.5. The number of anilines is 1. The number of fused-ring (bicyclic) bond motifs is 1. The van der Waals surface area contributed by atoms with Crippen LogP contribution in [-0.4, -0.2) is 19.0 Å². The smallest absolute Gasteiger partial charge is 0.341 e. The molecule has 2 aliphatic rings. The highest BCUT2D eigenvalue weighted by Crippen LogP contribution is 2.39. The van der Waals surface area contributed by atoms with E-state index in [-0.39, 0.29) is 11.9 Å². The van der Waals surface area contributed by atoms with Gasteiger partial charge in [-0.25, -0.2) is 4.79 Å². The minimum Gasteiger partial charge on any atom is -0.465 e. The molecule has 4 nitrogen and oxygen atoms in total. The van der Waals surface area contributed by atoms with Crippen molar-refractivity contribution in [2.45, 2.75) is 57.8 Å². The summed E-state index contributed by atoms with van der Waals surface area (Å²) in [5, 5.41) is 3.68. The molecule has 0 aromatic carbocycles. The number of amides is 1. The van der Waals surface area contributed by atoms with E-state index in [1.165, 1.54) is 24.8 Å². The van der Waals surface area contributed by atoms with E-state index in [0.717, 1.165) is 44.1 Å². The van der Waals surface area contributed by atoms with Crippen molar-refractivity contribution in [1.82, 2.24) is 0 Å². The lowest BCUT2D eigenvalue weighted by Crippen LogP contribution is -2.17. The van der Waals surface area contributed by atoms with E-state index >= 15 is 0 Å². The second-order valence-electron chi connectivity index (χ2n) is 6.31. The van der Waals surface area contributed by atoms with Crippen molar-refractivity contribution < 1.29 is 14.3 Å². The molecule has 1 N–H and O–H groups in total. The number of rotatable bonds is 4. The molecule has 120 valence electrons. The summed E-state index contributed by atoms with van der Waals surface area (Å²) in [5.41, 5.74) is 1.70. The van der Waals surface area contributed by atoms with Crippen molar-refractivity contribution in [1.29, 1.82) is 0 Å². The largest absolute Gasteiger partial charge is 0.465 e. The number of aryl methyl sites for hydroxylation is 1. The lowest BCUT2D eigenvalue weighted by Gasteiger charge is -2.12. The third-order valence-electron chi connectivity index (χ3n) is 4.76. The number of nitrogens with one attached hydrogen (secondary N) is 1. The molecule has 1 saturated carbocycles. The fraction of sp³-hybridized carbons (Fsp3) is 0.647. The van der Waals surface area contributed by atoms with Crippen molar-refractivity contribution in [2.24, 2.45) is 5.92 Å². The molecule has 0 radical (unpaired) electrons. The highest BCUT2D eigenvalue weighted by atomic mass is 32.1. The minimum atomic E-state index is -0.324. The van der Waals surface area contributed by atoms with Gasteiger partial charge in [-0.2, -0.15) is 0 Å². The molecule has 0 unspecified atom stereocenters. The predicted molar refractivity (Wildman–Crippen MR) is 87.5 cm³/mol. The molecule has 1 amide bonds. The van der Waals surface area contributed by atoms with Crippen LogP contribution in [0.5, 0.6) is 0 Å². The van der Waals surface area contributed by atoms with Crippen molar-refractivity contribution in [3.63, 3.8) is 0 Å². The zero-order valence-corrected chi connectivity index (χ0v) is 13.9. The quantitative estimate of drug-likeness (QED) is 0.855. The molecule has 1 aromatic rings. The summed E-state index contributed by atoms with van der Waals surface area (Å²) in [5.74, 6) is 0.224. The maximum atomic E-state index is 12.3. The minimum absolute atomic E-state index is 0.0376. The van der Waals surface area contributed by atoms with Gasteiger partial charge in [-0.1, -0.05) is 12.8 Å². The van der Waals surface area contributed by atoms with Crippen LogP contribution >= 0.6 is 11.3 Å². The number of carbonyl (C=O) groups is 2. The van der Waals surface area contributed by atoms with E-state index in [0.29, 0.717) is 22.9 Å². The van der Waals surface area contributed by atoms with Crippen molar-refractivity contribution in [3.05, 3.63) is 16.0 Å². The Morgan fingerprint density at radius 2 is 1.91 bits per heavy atom. The van der Waals surface area contributed by atoms with Crippen molar-refractivity contribution in [2.75, 3.05) is 12.4 Å². The standard InChI is InChI=1S/C17H23NO3S/c1-21-17(20)15-12-8-4-5-9-13(12)22-16(15)18-14(19)10-11-6-2-3-7-11/h11H,2-10H2,1H3,(H,18,19). The van der Waals surface area contributed by atoms with E-state index in [2.05, 4.69) is 5.32 Å². The van der Waals surface area contributed by atoms with Crippen LogP contribution in [0.3, 0.4) is 0 Å². The van der Waals surface area contributed by atoms with Gasteiger partial charge in [0.2, 0.25) is 5.91 Å². The van der Waals surface area contributed by atoms with Gasteiger partial charge >= 0.3 is 5.97 Å². The first-order valence-corrected chi connectivity index (χ1v) is 9.03. The summed E-state index contributed by atoms with van der Waals surface area (Å²) in [6.45, 7) is 0. The maximum absolute atomic E-state index is 12.3. The first-order chi connectivity index (χ1) is 10.7. The van der Waals surface area contributed by atoms with Crippen LogP contribution in [0.1, 0.15) is 65.7 Å². The van der Waals surface area contributed by atoms with Gasteiger partial charge in [0.25, 0.3) is 0 Å². The maximum Gasteiger partial charge on any atom is 0.341 e. The lowest BCUT2D eigenvalue weighted by atomic mass is 9.95. The molecule has 0 atom stereocenters. The molecule has 1 fully saturated rings. The average Bonchev–Trinajstić information content (AvgIpc) is 3.13. The Morgan fingerprint density at radius 1 is 1.18 bits per heavy atom. The molecule has 1 aromatic heterocycles. The van der Waals surface area contributed by atoms with Gasteiger partial charge in [0, 0.05) is 11.3 Å². The molecular formula is C17H23NO3S. The second kappa shape index (κ2) is 6.82. The van der Waals surface area contributed by atoms with E-state index in [4.69, 9.17) is 4.74 Å². The van der Waals surface area contributed by atoms with E-state index in [9.17, 15) is 9.59 Å². The third-order valence-corrected chi connectivity index (χ3v) is 5.97. The monoisotopic (exact) mass is 321 g/mol. The number of esters is 1. The highest BCUT2D eigenvalue weighted by molar-refractivity contribution is 7.17. The Morgan fingerprint density at radius 3 is 2.64 bits per heavy atom. The first-order valence-electron chi connectivity index (χ1n) is 8.21. The Hall–Kier alpha value is -1.36. The van der Waals surface area contributed by atoms with Gasteiger partial charge in [-0.3, -0.25) is 4.79 Å². The molecule has 0 spiro atoms. The van der Waals surface area contributed by atoms with E-state index in [1.807, 2.05) is 0 Å². The van der Waals surface area contributed by atoms with Crippen LogP contribution in [0, 0.1) is 5.92 Å². The normalized spacial score (nSPS) is 18.0. The Bertz CT molecular complexity index is 573. The lowest BCUT2D eigenvalue weighted by molar-refractivity contribution is -0.117. The van der Waals surface area contributed by atoms with Crippen LogP contribution < -0.4 is 5.32 Å². The fourth-order valence-electron chi connectivity index (χ4n) is 3.63. The fourth-order valence-corrected chi connectivity index (χ4v) is 4.92. The third kappa shape index (κ3) is 3.19.